The van der Waals surface area contributed by atoms with Crippen molar-refractivity contribution in [3.05, 3.63) is 29.8 Å². The predicted molar refractivity (Wildman–Crippen MR) is 63.4 cm³/mol. The molecule has 1 aromatic carbocycles. The van der Waals surface area contributed by atoms with Crippen LogP contribution in [0.1, 0.15) is 18.5 Å². The fourth-order valence-electron chi connectivity index (χ4n) is 1.21. The third-order valence-electron chi connectivity index (χ3n) is 2.13. The number of primary amides is 1. The first-order chi connectivity index (χ1) is 7.83. The van der Waals surface area contributed by atoms with Crippen LogP contribution >= 0.6 is 0 Å². The second kappa shape index (κ2) is 5.26. The van der Waals surface area contributed by atoms with Gasteiger partial charge in [-0.2, -0.15) is 0 Å². The van der Waals surface area contributed by atoms with E-state index < -0.39 is 22.5 Å². The zero-order valence-corrected chi connectivity index (χ0v) is 10.2. The number of amides is 1. The third kappa shape index (κ3) is 3.81. The Morgan fingerprint density at radius 2 is 2.12 bits per heavy atom. The minimum Gasteiger partial charge on any atom is -0.369 e. The molecular formula is C10H15N3O3S. The minimum absolute atomic E-state index is 0.0635. The topological polar surface area (TPSA) is 115 Å². The second-order valence-electron chi connectivity index (χ2n) is 3.65. The third-order valence-corrected chi connectivity index (χ3v) is 3.53. The molecule has 0 spiro atoms. The molecule has 5 N–H and O–H groups in total. The van der Waals surface area contributed by atoms with Gasteiger partial charge in [-0.05, 0) is 24.6 Å². The second-order valence-corrected chi connectivity index (χ2v) is 5.42. The Kier molecular flexibility index (Phi) is 4.22. The van der Waals surface area contributed by atoms with Crippen molar-refractivity contribution < 1.29 is 13.2 Å². The lowest BCUT2D eigenvalue weighted by molar-refractivity contribution is -0.116. The van der Waals surface area contributed by atoms with Crippen LogP contribution in [0.5, 0.6) is 0 Å². The van der Waals surface area contributed by atoms with Gasteiger partial charge in [0.05, 0.1) is 11.4 Å². The van der Waals surface area contributed by atoms with Crippen LogP contribution in [0.4, 0.5) is 0 Å². The summed E-state index contributed by atoms with van der Waals surface area (Å²) in [7, 11) is -3.72. The first-order valence-electron chi connectivity index (χ1n) is 4.96. The highest BCUT2D eigenvalue weighted by Crippen LogP contribution is 2.15. The summed E-state index contributed by atoms with van der Waals surface area (Å²) in [6.07, 6.45) is 0. The molecular weight excluding hydrogens is 242 g/mol. The molecule has 0 aliphatic rings. The first-order valence-corrected chi connectivity index (χ1v) is 6.45. The van der Waals surface area contributed by atoms with E-state index in [0.29, 0.717) is 5.56 Å². The van der Waals surface area contributed by atoms with Crippen molar-refractivity contribution in [3.8, 4) is 0 Å². The van der Waals surface area contributed by atoms with Gasteiger partial charge in [-0.3, -0.25) is 4.79 Å². The molecule has 0 bridgehead atoms. The summed E-state index contributed by atoms with van der Waals surface area (Å²) in [6.45, 7) is 1.33. The van der Waals surface area contributed by atoms with E-state index >= 15 is 0 Å². The fourth-order valence-corrected chi connectivity index (χ4v) is 2.26. The first kappa shape index (κ1) is 13.6. The Morgan fingerprint density at radius 3 is 2.65 bits per heavy atom. The maximum atomic E-state index is 11.8. The zero-order valence-electron chi connectivity index (χ0n) is 9.38. The number of carbonyl (C=O) groups is 1. The van der Waals surface area contributed by atoms with E-state index in [1.165, 1.54) is 12.1 Å². The van der Waals surface area contributed by atoms with Crippen molar-refractivity contribution >= 4 is 15.9 Å². The predicted octanol–water partition coefficient (Wildman–Crippen LogP) is -0.530. The Balaban J connectivity index is 2.99. The van der Waals surface area contributed by atoms with Gasteiger partial charge in [-0.15, -0.1) is 0 Å². The van der Waals surface area contributed by atoms with Gasteiger partial charge >= 0.3 is 0 Å². The number of hydrogen-bond donors (Lipinski definition) is 3. The molecule has 0 aliphatic carbocycles. The number of sulfonamides is 1. The smallest absolute Gasteiger partial charge is 0.241 e. The van der Waals surface area contributed by atoms with Crippen LogP contribution in [0, 0.1) is 0 Å². The number of hydrogen-bond acceptors (Lipinski definition) is 4. The van der Waals surface area contributed by atoms with Crippen molar-refractivity contribution in [1.82, 2.24) is 4.72 Å². The minimum atomic E-state index is -3.72. The normalized spacial score (nSPS) is 13.3. The van der Waals surface area contributed by atoms with Crippen molar-refractivity contribution in [2.24, 2.45) is 11.5 Å². The molecule has 1 unspecified atom stereocenters. The average Bonchev–Trinajstić information content (AvgIpc) is 2.27. The van der Waals surface area contributed by atoms with Gasteiger partial charge in [-0.25, -0.2) is 13.1 Å². The SMILES string of the molecule is CC(N)c1cccc(S(=O)(=O)NCC(N)=O)c1. The Bertz CT molecular complexity index is 511. The van der Waals surface area contributed by atoms with Crippen molar-refractivity contribution in [1.29, 1.82) is 0 Å². The van der Waals surface area contributed by atoms with E-state index in [0.717, 1.165) is 0 Å². The Morgan fingerprint density at radius 1 is 1.47 bits per heavy atom. The quantitative estimate of drug-likeness (QED) is 0.657. The molecule has 0 aliphatic heterocycles. The van der Waals surface area contributed by atoms with Crippen LogP contribution < -0.4 is 16.2 Å². The average molecular weight is 257 g/mol. The molecule has 0 saturated carbocycles. The molecule has 1 amide bonds. The van der Waals surface area contributed by atoms with E-state index in [-0.39, 0.29) is 10.9 Å². The molecule has 0 saturated heterocycles. The van der Waals surface area contributed by atoms with Gasteiger partial charge in [0.2, 0.25) is 15.9 Å². The molecule has 94 valence electrons. The summed E-state index contributed by atoms with van der Waals surface area (Å²) >= 11 is 0. The highest BCUT2D eigenvalue weighted by Gasteiger charge is 2.15. The number of carbonyl (C=O) groups excluding carboxylic acids is 1. The Hall–Kier alpha value is -1.44. The number of benzene rings is 1. The summed E-state index contributed by atoms with van der Waals surface area (Å²) in [5, 5.41) is 0. The van der Waals surface area contributed by atoms with E-state index in [2.05, 4.69) is 4.72 Å². The standard InChI is InChI=1S/C10H15N3O3S/c1-7(11)8-3-2-4-9(5-8)17(15,16)13-6-10(12)14/h2-5,7,13H,6,11H2,1H3,(H2,12,14). The largest absolute Gasteiger partial charge is 0.369 e. The number of rotatable bonds is 5. The summed E-state index contributed by atoms with van der Waals surface area (Å²) in [5.74, 6) is -0.739. The monoisotopic (exact) mass is 257 g/mol. The van der Waals surface area contributed by atoms with E-state index in [1.54, 1.807) is 19.1 Å². The lowest BCUT2D eigenvalue weighted by Crippen LogP contribution is -2.33. The maximum absolute atomic E-state index is 11.8. The lowest BCUT2D eigenvalue weighted by atomic mass is 10.1. The number of nitrogens with two attached hydrogens (primary N) is 2. The summed E-state index contributed by atoms with van der Waals surface area (Å²) in [6, 6.07) is 5.96. The molecule has 0 heterocycles. The van der Waals surface area contributed by atoms with Crippen LogP contribution in [-0.4, -0.2) is 20.9 Å². The van der Waals surface area contributed by atoms with Gasteiger partial charge in [0.25, 0.3) is 0 Å². The van der Waals surface area contributed by atoms with Crippen LogP contribution in [0.15, 0.2) is 29.2 Å². The van der Waals surface area contributed by atoms with Crippen molar-refractivity contribution in [2.75, 3.05) is 6.54 Å². The summed E-state index contributed by atoms with van der Waals surface area (Å²) < 4.78 is 25.6. The highest BCUT2D eigenvalue weighted by atomic mass is 32.2. The molecule has 6 nitrogen and oxygen atoms in total. The van der Waals surface area contributed by atoms with Gasteiger partial charge in [0, 0.05) is 6.04 Å². The van der Waals surface area contributed by atoms with E-state index in [4.69, 9.17) is 11.5 Å². The maximum Gasteiger partial charge on any atom is 0.241 e. The van der Waals surface area contributed by atoms with E-state index in [1.807, 2.05) is 0 Å². The molecule has 0 radical (unpaired) electrons. The van der Waals surface area contributed by atoms with Crippen LogP contribution in [0.3, 0.4) is 0 Å². The molecule has 1 aromatic rings. The highest BCUT2D eigenvalue weighted by molar-refractivity contribution is 7.89. The zero-order chi connectivity index (χ0) is 13.1. The lowest BCUT2D eigenvalue weighted by Gasteiger charge is -2.09. The van der Waals surface area contributed by atoms with E-state index in [9.17, 15) is 13.2 Å². The molecule has 1 rings (SSSR count). The van der Waals surface area contributed by atoms with Crippen LogP contribution in [0.25, 0.3) is 0 Å². The van der Waals surface area contributed by atoms with Crippen molar-refractivity contribution in [2.45, 2.75) is 17.9 Å². The summed E-state index contributed by atoms with van der Waals surface area (Å²) in [5.41, 5.74) is 11.2. The van der Waals surface area contributed by atoms with Gasteiger partial charge in [-0.1, -0.05) is 12.1 Å². The molecule has 17 heavy (non-hydrogen) atoms. The summed E-state index contributed by atoms with van der Waals surface area (Å²) in [4.78, 5) is 10.6. The molecule has 0 fully saturated rings. The molecule has 0 aromatic heterocycles. The molecule has 1 atom stereocenters. The number of nitrogens with one attached hydrogen (secondary N) is 1. The molecule has 7 heteroatoms. The van der Waals surface area contributed by atoms with Crippen molar-refractivity contribution in [3.63, 3.8) is 0 Å². The van der Waals surface area contributed by atoms with Gasteiger partial charge < -0.3 is 11.5 Å². The fraction of sp³-hybridized carbons (Fsp3) is 0.300. The van der Waals surface area contributed by atoms with Crippen LogP contribution in [-0.2, 0) is 14.8 Å². The van der Waals surface area contributed by atoms with Crippen LogP contribution in [0.2, 0.25) is 0 Å². The van der Waals surface area contributed by atoms with Gasteiger partial charge in [0.15, 0.2) is 0 Å². The van der Waals surface area contributed by atoms with Gasteiger partial charge in [0.1, 0.15) is 0 Å². The Labute approximate surface area is 100 Å².